The molecule has 0 aromatic heterocycles. The molecule has 2 rings (SSSR count). The average molecular weight is 267 g/mol. The molecule has 0 aliphatic heterocycles. The fourth-order valence-electron chi connectivity index (χ4n) is 1.55. The van der Waals surface area contributed by atoms with Crippen molar-refractivity contribution in [3.8, 4) is 35.7 Å². The summed E-state index contributed by atoms with van der Waals surface area (Å²) < 4.78 is 24.1. The zero-order valence-electron chi connectivity index (χ0n) is 10.5. The van der Waals surface area contributed by atoms with Crippen molar-refractivity contribution in [3.63, 3.8) is 0 Å². The van der Waals surface area contributed by atoms with Crippen LogP contribution in [0, 0.1) is 29.5 Å². The largest absolute Gasteiger partial charge is 0.481 e. The summed E-state index contributed by atoms with van der Waals surface area (Å²) in [6.45, 7) is 0.183. The second kappa shape index (κ2) is 6.26. The van der Waals surface area contributed by atoms with E-state index < -0.39 is 5.82 Å². The highest BCUT2D eigenvalue weighted by Crippen LogP contribution is 2.27. The van der Waals surface area contributed by atoms with Crippen molar-refractivity contribution in [1.29, 1.82) is 5.26 Å². The molecule has 0 aliphatic rings. The van der Waals surface area contributed by atoms with Crippen molar-refractivity contribution in [2.45, 2.75) is 0 Å². The first-order chi connectivity index (χ1) is 9.74. The predicted octanol–water partition coefficient (Wildman–Crippen LogP) is 3.50. The molecule has 0 saturated heterocycles. The van der Waals surface area contributed by atoms with Crippen LogP contribution in [0.15, 0.2) is 42.5 Å². The summed E-state index contributed by atoms with van der Waals surface area (Å²) in [4.78, 5) is 0. The number of nitrogens with zero attached hydrogens (tertiary/aromatic N) is 1. The standard InChI is InChI=1S/C16H10FNO2/c1-2-10-19-12-6-8-13(9-7-12)20-16-5-3-4-15(17)14(16)11-18/h1,3-9H,10H2. The normalized spacial score (nSPS) is 9.35. The van der Waals surface area contributed by atoms with E-state index >= 15 is 0 Å². The van der Waals surface area contributed by atoms with Gasteiger partial charge in [-0.25, -0.2) is 4.39 Å². The van der Waals surface area contributed by atoms with E-state index in [1.54, 1.807) is 30.3 Å². The third-order valence-corrected chi connectivity index (χ3v) is 2.46. The molecule has 4 heteroatoms. The Morgan fingerprint density at radius 3 is 2.45 bits per heavy atom. The number of ether oxygens (including phenoxy) is 2. The van der Waals surface area contributed by atoms with Gasteiger partial charge in [0.25, 0.3) is 0 Å². The van der Waals surface area contributed by atoms with Crippen LogP contribution < -0.4 is 9.47 Å². The van der Waals surface area contributed by atoms with Gasteiger partial charge >= 0.3 is 0 Å². The molecule has 0 bridgehead atoms. The molecule has 0 atom stereocenters. The molecule has 20 heavy (non-hydrogen) atoms. The van der Waals surface area contributed by atoms with Crippen LogP contribution in [0.1, 0.15) is 5.56 Å². The van der Waals surface area contributed by atoms with Gasteiger partial charge in [0.05, 0.1) is 0 Å². The first-order valence-corrected chi connectivity index (χ1v) is 5.77. The SMILES string of the molecule is C#CCOc1ccc(Oc2cccc(F)c2C#N)cc1. The Balaban J connectivity index is 2.17. The lowest BCUT2D eigenvalue weighted by Crippen LogP contribution is -1.94. The van der Waals surface area contributed by atoms with Gasteiger partial charge < -0.3 is 9.47 Å². The lowest BCUT2D eigenvalue weighted by atomic mass is 10.2. The Labute approximate surface area is 116 Å². The molecule has 98 valence electrons. The quantitative estimate of drug-likeness (QED) is 0.796. The van der Waals surface area contributed by atoms with Crippen LogP contribution in [0.5, 0.6) is 17.2 Å². The monoisotopic (exact) mass is 267 g/mol. The molecular weight excluding hydrogens is 257 g/mol. The van der Waals surface area contributed by atoms with E-state index in [1.807, 2.05) is 0 Å². The summed E-state index contributed by atoms with van der Waals surface area (Å²) in [6.07, 6.45) is 5.09. The zero-order valence-corrected chi connectivity index (χ0v) is 10.5. The van der Waals surface area contributed by atoms with Gasteiger partial charge in [0.1, 0.15) is 41.3 Å². The fourth-order valence-corrected chi connectivity index (χ4v) is 1.55. The van der Waals surface area contributed by atoms with Crippen molar-refractivity contribution in [3.05, 3.63) is 53.8 Å². The molecule has 0 fully saturated rings. The van der Waals surface area contributed by atoms with E-state index in [0.29, 0.717) is 11.5 Å². The lowest BCUT2D eigenvalue weighted by molar-refractivity contribution is 0.369. The van der Waals surface area contributed by atoms with Crippen molar-refractivity contribution >= 4 is 0 Å². The van der Waals surface area contributed by atoms with Crippen molar-refractivity contribution in [1.82, 2.24) is 0 Å². The van der Waals surface area contributed by atoms with Crippen LogP contribution in [0.4, 0.5) is 4.39 Å². The first kappa shape index (κ1) is 13.5. The highest BCUT2D eigenvalue weighted by atomic mass is 19.1. The second-order valence-corrected chi connectivity index (χ2v) is 3.79. The maximum atomic E-state index is 13.4. The zero-order chi connectivity index (χ0) is 14.4. The second-order valence-electron chi connectivity index (χ2n) is 3.79. The molecule has 0 unspecified atom stereocenters. The Hall–Kier alpha value is -2.98. The van der Waals surface area contributed by atoms with E-state index in [-0.39, 0.29) is 17.9 Å². The van der Waals surface area contributed by atoms with E-state index in [4.69, 9.17) is 21.2 Å². The van der Waals surface area contributed by atoms with Crippen LogP contribution in [0.3, 0.4) is 0 Å². The maximum absolute atomic E-state index is 13.4. The number of terminal acetylenes is 1. The number of hydrogen-bond acceptors (Lipinski definition) is 3. The Morgan fingerprint density at radius 2 is 1.80 bits per heavy atom. The van der Waals surface area contributed by atoms with Crippen molar-refractivity contribution < 1.29 is 13.9 Å². The molecule has 0 amide bonds. The number of halogens is 1. The smallest absolute Gasteiger partial charge is 0.148 e. The lowest BCUT2D eigenvalue weighted by Gasteiger charge is -2.08. The van der Waals surface area contributed by atoms with E-state index in [1.165, 1.54) is 18.2 Å². The van der Waals surface area contributed by atoms with Gasteiger partial charge in [-0.2, -0.15) is 5.26 Å². The summed E-state index contributed by atoms with van der Waals surface area (Å²) in [7, 11) is 0. The van der Waals surface area contributed by atoms with Crippen LogP contribution in [-0.2, 0) is 0 Å². The molecule has 0 spiro atoms. The minimum absolute atomic E-state index is 0.125. The summed E-state index contributed by atoms with van der Waals surface area (Å²) in [5.41, 5.74) is -0.125. The van der Waals surface area contributed by atoms with E-state index in [2.05, 4.69) is 5.92 Å². The minimum atomic E-state index is -0.612. The van der Waals surface area contributed by atoms with Gasteiger partial charge in [-0.05, 0) is 36.4 Å². The van der Waals surface area contributed by atoms with Crippen LogP contribution >= 0.6 is 0 Å². The number of benzene rings is 2. The summed E-state index contributed by atoms with van der Waals surface area (Å²) in [6, 6.07) is 12.7. The molecule has 0 radical (unpaired) electrons. The molecule has 0 heterocycles. The van der Waals surface area contributed by atoms with Gasteiger partial charge in [0.15, 0.2) is 0 Å². The Morgan fingerprint density at radius 1 is 1.10 bits per heavy atom. The fraction of sp³-hybridized carbons (Fsp3) is 0.0625. The van der Waals surface area contributed by atoms with Crippen molar-refractivity contribution in [2.24, 2.45) is 0 Å². The predicted molar refractivity (Wildman–Crippen MR) is 72.0 cm³/mol. The highest BCUT2D eigenvalue weighted by Gasteiger charge is 2.09. The van der Waals surface area contributed by atoms with Gasteiger partial charge in [-0.15, -0.1) is 6.42 Å². The van der Waals surface area contributed by atoms with Crippen molar-refractivity contribution in [2.75, 3.05) is 6.61 Å². The molecule has 0 aliphatic carbocycles. The molecule has 3 nitrogen and oxygen atoms in total. The van der Waals surface area contributed by atoms with Gasteiger partial charge in [0.2, 0.25) is 0 Å². The highest BCUT2D eigenvalue weighted by molar-refractivity contribution is 5.46. The van der Waals surface area contributed by atoms with Crippen LogP contribution in [0.25, 0.3) is 0 Å². The van der Waals surface area contributed by atoms with E-state index in [9.17, 15) is 4.39 Å². The topological polar surface area (TPSA) is 42.2 Å². The minimum Gasteiger partial charge on any atom is -0.481 e. The number of rotatable bonds is 4. The Bertz CT molecular complexity index is 681. The molecule has 2 aromatic carbocycles. The summed E-state index contributed by atoms with van der Waals surface area (Å²) in [5, 5.41) is 8.91. The third-order valence-electron chi connectivity index (χ3n) is 2.46. The first-order valence-electron chi connectivity index (χ1n) is 5.77. The molecular formula is C16H10FNO2. The van der Waals surface area contributed by atoms with Crippen LogP contribution in [-0.4, -0.2) is 6.61 Å². The summed E-state index contributed by atoms with van der Waals surface area (Å²) >= 11 is 0. The maximum Gasteiger partial charge on any atom is 0.148 e. The third kappa shape index (κ3) is 3.07. The van der Waals surface area contributed by atoms with E-state index in [0.717, 1.165) is 0 Å². The van der Waals surface area contributed by atoms with Gasteiger partial charge in [-0.1, -0.05) is 12.0 Å². The molecule has 0 saturated carbocycles. The van der Waals surface area contributed by atoms with Gasteiger partial charge in [-0.3, -0.25) is 0 Å². The molecule has 2 aromatic rings. The number of hydrogen-bond donors (Lipinski definition) is 0. The summed E-state index contributed by atoms with van der Waals surface area (Å²) in [5.74, 6) is 3.00. The van der Waals surface area contributed by atoms with Gasteiger partial charge in [0, 0.05) is 0 Å². The number of nitriles is 1. The van der Waals surface area contributed by atoms with Crippen LogP contribution in [0.2, 0.25) is 0 Å². The Kier molecular flexibility index (Phi) is 4.21. The molecule has 0 N–H and O–H groups in total. The average Bonchev–Trinajstić information content (AvgIpc) is 2.47.